The Morgan fingerprint density at radius 3 is 0.958 bits per heavy atom. The van der Waals surface area contributed by atoms with E-state index in [1.165, 1.54) is 0 Å². The molecule has 13 aromatic rings. The van der Waals surface area contributed by atoms with Crippen molar-refractivity contribution < 1.29 is 42.0 Å². The molecule has 32 heteroatoms. The van der Waals surface area contributed by atoms with Gasteiger partial charge in [-0.3, -0.25) is 0 Å². The van der Waals surface area contributed by atoms with Crippen LogP contribution in [0.5, 0.6) is 23.5 Å². The number of aryl methyl sites for hydroxylation is 5. The third-order valence-corrected chi connectivity index (χ3v) is 20.7. The lowest BCUT2D eigenvalue weighted by atomic mass is 10.1. The average molecular weight is 1690 g/mol. The van der Waals surface area contributed by atoms with Gasteiger partial charge in [0.2, 0.25) is 80.5 Å². The van der Waals surface area contributed by atoms with Crippen LogP contribution in [0.3, 0.4) is 0 Å². The Kier molecular flexibility index (Phi) is 29.5. The van der Waals surface area contributed by atoms with E-state index in [9.17, 15) is 4.39 Å². The van der Waals surface area contributed by atoms with Crippen molar-refractivity contribution >= 4 is 52.4 Å². The van der Waals surface area contributed by atoms with Gasteiger partial charge in [0.25, 0.3) is 0 Å². The van der Waals surface area contributed by atoms with Gasteiger partial charge < -0.3 is 43.4 Å². The quantitative estimate of drug-likeness (QED) is 0.0561. The Morgan fingerprint density at radius 1 is 0.370 bits per heavy atom. The number of aromatic nitrogens is 16. The molecular formula is C87H88Cl4FN19O8. The Bertz CT molecular complexity index is 5350. The molecule has 119 heavy (non-hydrogen) atoms. The maximum absolute atomic E-state index is 13.4. The highest BCUT2D eigenvalue weighted by atomic mass is 35.5. The molecular weight excluding hydrogens is 1600 g/mol. The number of benzene rings is 5. The van der Waals surface area contributed by atoms with Gasteiger partial charge in [-0.25, -0.2) is 29.9 Å². The second-order valence-corrected chi connectivity index (χ2v) is 30.2. The molecule has 3 aliphatic carbocycles. The predicted octanol–water partition coefficient (Wildman–Crippen LogP) is 20.6. The van der Waals surface area contributed by atoms with Crippen LogP contribution in [0.4, 0.5) is 10.3 Å². The molecule has 0 aliphatic heterocycles. The standard InChI is InChI=1S/C19H19ClN4O2.C19H19FN4O2.C19H21N5O2.C15H14ClN3O.C9H9NO.C6H6Cl2N2/c3*1-10-11(2)21-19(20)23-17(10)25-12(3)13-4-6-14(7-5-13)16-22-18(26-24-16)15-8-9-15;1-9-10(2)18-15(16)19-14(9)20-11(3)13-6-4-12(8-17)5-7-13;1-7(11)9-4-2-8(6-10)3-5-9;1-3-4(2)9-6(8)10-5(3)7/h2*4-7,12,15H,8-9H2,1-3H3;4-7,12,15H,8-9H2,1-3H3,(H2,20,21,23);4-7,11H,1-3H3;2-5,7,11H,1H3;1-2H3/t3*12-;11-;7-;/m00000./s1. The molecule has 614 valence electrons. The third-order valence-electron chi connectivity index (χ3n) is 19.8. The summed E-state index contributed by atoms with van der Waals surface area (Å²) in [6.07, 6.45) is 4.74. The third kappa shape index (κ3) is 24.1. The number of hydrogen-bond acceptors (Lipinski definition) is 27. The highest BCUT2D eigenvalue weighted by molar-refractivity contribution is 6.32. The smallest absolute Gasteiger partial charge is 0.312 e. The van der Waals surface area contributed by atoms with Gasteiger partial charge >= 0.3 is 6.08 Å². The van der Waals surface area contributed by atoms with E-state index < -0.39 is 12.2 Å². The molecule has 8 heterocycles. The van der Waals surface area contributed by atoms with Crippen LogP contribution >= 0.6 is 46.4 Å². The fraction of sp³-hybridized carbons (Fsp3) is 0.333. The number of nitrogens with two attached hydrogens (primary N) is 1. The van der Waals surface area contributed by atoms with Crippen LogP contribution in [0, 0.1) is 98.0 Å². The highest BCUT2D eigenvalue weighted by Crippen LogP contribution is 2.42. The molecule has 27 nitrogen and oxygen atoms in total. The van der Waals surface area contributed by atoms with E-state index in [0.717, 1.165) is 151 Å². The van der Waals surface area contributed by atoms with E-state index in [1.807, 2.05) is 181 Å². The first-order chi connectivity index (χ1) is 56.9. The number of ether oxygens (including phenoxy) is 4. The fourth-order valence-electron chi connectivity index (χ4n) is 11.2. The zero-order chi connectivity index (χ0) is 85.5. The fourth-order valence-corrected chi connectivity index (χ4v) is 12.1. The molecule has 0 spiro atoms. The Hall–Kier alpha value is -12.1. The summed E-state index contributed by atoms with van der Waals surface area (Å²) in [5, 5.41) is 39.5. The van der Waals surface area contributed by atoms with Gasteiger partial charge in [0, 0.05) is 85.0 Å². The number of hydrogen-bond donors (Lipinski definition) is 2. The van der Waals surface area contributed by atoms with E-state index in [2.05, 4.69) is 86.3 Å². The monoisotopic (exact) mass is 1690 g/mol. The van der Waals surface area contributed by atoms with E-state index in [0.29, 0.717) is 74.8 Å². The summed E-state index contributed by atoms with van der Waals surface area (Å²) >= 11 is 23.0. The van der Waals surface area contributed by atoms with Crippen molar-refractivity contribution in [3.8, 4) is 69.8 Å². The number of rotatable bonds is 19. The van der Waals surface area contributed by atoms with Gasteiger partial charge in [0.05, 0.1) is 35.1 Å². The number of nitrogens with zero attached hydrogens (tertiary/aromatic N) is 18. The summed E-state index contributed by atoms with van der Waals surface area (Å²) in [6.45, 7) is 28.1. The maximum atomic E-state index is 13.4. The lowest BCUT2D eigenvalue weighted by Gasteiger charge is -2.17. The maximum Gasteiger partial charge on any atom is 0.312 e. The second kappa shape index (κ2) is 39.9. The van der Waals surface area contributed by atoms with Gasteiger partial charge in [-0.05, 0) is 229 Å². The van der Waals surface area contributed by atoms with Crippen molar-refractivity contribution in [1.82, 2.24) is 80.3 Å². The SMILES string of the molecule is C[C@H](O)c1ccc(C#N)cc1.Cc1nc(Cl)nc(Cl)c1C.Cc1nc(Cl)nc(O[C@@H](C)c2ccc(-c3noc(C4CC4)n3)cc2)c1C.Cc1nc(Cl)nc(O[C@@H](C)c2ccc(C#N)cc2)c1C.Cc1nc(F)nc(O[C@@H](C)c2ccc(-c3noc(C4CC4)n3)cc2)c1C.Cc1nc(N)nc(O[C@@H](C)c2ccc(-c3noc(C4CC4)n3)cc2)c1C. The molecule has 0 unspecified atom stereocenters. The first kappa shape index (κ1) is 87.8. The minimum Gasteiger partial charge on any atom is -0.469 e. The first-order valence-electron chi connectivity index (χ1n) is 38.3. The van der Waals surface area contributed by atoms with Gasteiger partial charge in [0.1, 0.15) is 29.6 Å². The van der Waals surface area contributed by atoms with Gasteiger partial charge in [-0.2, -0.15) is 49.8 Å². The van der Waals surface area contributed by atoms with Crippen molar-refractivity contribution in [2.75, 3.05) is 5.73 Å². The Balaban J connectivity index is 0.000000144. The van der Waals surface area contributed by atoms with Crippen LogP contribution in [0.1, 0.15) is 234 Å². The molecule has 0 bridgehead atoms. The minimum absolute atomic E-state index is 0.176. The van der Waals surface area contributed by atoms with Gasteiger partial charge in [0.15, 0.2) is 0 Å². The lowest BCUT2D eigenvalue weighted by Crippen LogP contribution is -2.09. The highest BCUT2D eigenvalue weighted by Gasteiger charge is 2.32. The summed E-state index contributed by atoms with van der Waals surface area (Å²) in [5.41, 5.74) is 22.6. The number of nitriles is 2. The number of halogens is 5. The summed E-state index contributed by atoms with van der Waals surface area (Å²) in [4.78, 5) is 53.4. The molecule has 5 aromatic carbocycles. The topological polar surface area (TPSA) is 376 Å². The first-order valence-corrected chi connectivity index (χ1v) is 39.9. The molecule has 8 aromatic heterocycles. The van der Waals surface area contributed by atoms with Crippen LogP contribution in [0.15, 0.2) is 135 Å². The van der Waals surface area contributed by atoms with Crippen LogP contribution in [-0.2, 0) is 0 Å². The average Bonchev–Trinajstić information content (AvgIpc) is 1.71. The zero-order valence-electron chi connectivity index (χ0n) is 68.2. The molecule has 5 atom stereocenters. The van der Waals surface area contributed by atoms with Gasteiger partial charge in [-0.15, -0.1) is 0 Å². The van der Waals surface area contributed by atoms with Crippen molar-refractivity contribution in [2.45, 2.75) is 191 Å². The van der Waals surface area contributed by atoms with Crippen molar-refractivity contribution in [3.63, 3.8) is 0 Å². The van der Waals surface area contributed by atoms with Crippen LogP contribution in [-0.4, -0.2) is 85.4 Å². The molecule has 0 saturated heterocycles. The van der Waals surface area contributed by atoms with E-state index in [4.69, 9.17) is 100 Å². The van der Waals surface area contributed by atoms with E-state index in [1.54, 1.807) is 50.2 Å². The zero-order valence-corrected chi connectivity index (χ0v) is 71.3. The normalized spacial score (nSPS) is 13.8. The van der Waals surface area contributed by atoms with Crippen molar-refractivity contribution in [2.24, 2.45) is 0 Å². The lowest BCUT2D eigenvalue weighted by molar-refractivity contribution is 0.199. The summed E-state index contributed by atoms with van der Waals surface area (Å²) in [6, 6.07) is 41.9. The molecule has 3 saturated carbocycles. The number of aliphatic hydroxyl groups is 1. The molecule has 0 radical (unpaired) electrons. The Labute approximate surface area is 708 Å². The molecule has 3 N–H and O–H groups in total. The van der Waals surface area contributed by atoms with E-state index >= 15 is 0 Å². The van der Waals surface area contributed by atoms with Crippen LogP contribution in [0.25, 0.3) is 34.2 Å². The molecule has 3 aliphatic rings. The molecule has 0 amide bonds. The van der Waals surface area contributed by atoms with Crippen LogP contribution in [0.2, 0.25) is 21.0 Å². The largest absolute Gasteiger partial charge is 0.469 e. The summed E-state index contributed by atoms with van der Waals surface area (Å²) in [5.74, 6) is 7.38. The molecule has 3 fully saturated rings. The molecule has 16 rings (SSSR count). The number of anilines is 1. The van der Waals surface area contributed by atoms with Gasteiger partial charge in [-0.1, -0.05) is 124 Å². The number of nitrogen functional groups attached to an aromatic ring is 1. The van der Waals surface area contributed by atoms with Crippen LogP contribution < -0.4 is 24.7 Å². The van der Waals surface area contributed by atoms with Crippen molar-refractivity contribution in [1.29, 1.82) is 10.5 Å². The summed E-state index contributed by atoms with van der Waals surface area (Å²) < 4.78 is 53.1. The summed E-state index contributed by atoms with van der Waals surface area (Å²) in [7, 11) is 0. The Morgan fingerprint density at radius 2 is 0.647 bits per heavy atom. The second-order valence-electron chi connectivity index (χ2n) is 28.9. The predicted molar refractivity (Wildman–Crippen MR) is 446 cm³/mol. The van der Waals surface area contributed by atoms with Crippen molar-refractivity contribution in [3.05, 3.63) is 261 Å². The number of aliphatic hydroxyl groups excluding tert-OH is 1. The minimum atomic E-state index is -0.783. The van der Waals surface area contributed by atoms with E-state index in [-0.39, 0.29) is 52.1 Å².